The van der Waals surface area contributed by atoms with E-state index in [2.05, 4.69) is 127 Å². The van der Waals surface area contributed by atoms with Crippen molar-refractivity contribution >= 4 is 13.3 Å². The van der Waals surface area contributed by atoms with E-state index in [4.69, 9.17) is 0 Å². The molecule has 0 saturated carbocycles. The Hall–Kier alpha value is -2.84. The standard InChI is InChI=1S/C30H40OSi.2C2H4/c1-7-24(26-14-18-30(19-15-26)32(4,5)6)21-28(27-12-16-29(31)17-13-27)20-23(3)25-10-8-22(2)9-11-25;2*1-2/h8-19,23-24,28,31H,7,20-21H2,1-6H3;2*1-2H2. The van der Waals surface area contributed by atoms with E-state index in [1.807, 2.05) is 12.1 Å². The minimum Gasteiger partial charge on any atom is -0.508 e. The van der Waals surface area contributed by atoms with Gasteiger partial charge in [0.05, 0.1) is 8.07 Å². The summed E-state index contributed by atoms with van der Waals surface area (Å²) in [7, 11) is -1.28. The molecule has 3 rings (SSSR count). The Balaban J connectivity index is 0.00000154. The lowest BCUT2D eigenvalue weighted by Crippen LogP contribution is -2.37. The van der Waals surface area contributed by atoms with E-state index in [0.717, 1.165) is 19.3 Å². The van der Waals surface area contributed by atoms with Crippen molar-refractivity contribution in [2.75, 3.05) is 0 Å². The van der Waals surface area contributed by atoms with Gasteiger partial charge in [0, 0.05) is 0 Å². The van der Waals surface area contributed by atoms with Gasteiger partial charge in [0.1, 0.15) is 5.75 Å². The zero-order valence-corrected chi connectivity index (χ0v) is 24.6. The van der Waals surface area contributed by atoms with Gasteiger partial charge in [-0.3, -0.25) is 0 Å². The molecule has 1 N–H and O–H groups in total. The van der Waals surface area contributed by atoms with Gasteiger partial charge < -0.3 is 5.11 Å². The Kier molecular flexibility index (Phi) is 13.3. The van der Waals surface area contributed by atoms with E-state index in [-0.39, 0.29) is 0 Å². The molecule has 0 aliphatic carbocycles. The Morgan fingerprint density at radius 2 is 1.11 bits per heavy atom. The third-order valence-corrected chi connectivity index (χ3v) is 9.02. The summed E-state index contributed by atoms with van der Waals surface area (Å²) in [6, 6.07) is 26.4. The predicted molar refractivity (Wildman–Crippen MR) is 165 cm³/mol. The first-order valence-electron chi connectivity index (χ1n) is 13.1. The lowest BCUT2D eigenvalue weighted by Gasteiger charge is -2.27. The monoisotopic (exact) mass is 500 g/mol. The fraction of sp³-hybridized carbons (Fsp3) is 0.353. The first-order chi connectivity index (χ1) is 17.2. The summed E-state index contributed by atoms with van der Waals surface area (Å²) in [5.74, 6) is 1.82. The Bertz CT molecular complexity index is 995. The van der Waals surface area contributed by atoms with Crippen LogP contribution in [0.25, 0.3) is 0 Å². The van der Waals surface area contributed by atoms with Gasteiger partial charge in [-0.2, -0.15) is 0 Å². The molecule has 3 atom stereocenters. The van der Waals surface area contributed by atoms with Gasteiger partial charge in [-0.05, 0) is 72.8 Å². The Morgan fingerprint density at radius 3 is 1.58 bits per heavy atom. The molecule has 0 aromatic heterocycles. The molecular formula is C34H48OSi. The summed E-state index contributed by atoms with van der Waals surface area (Å²) in [6.07, 6.45) is 3.38. The first-order valence-corrected chi connectivity index (χ1v) is 16.6. The third kappa shape index (κ3) is 9.31. The van der Waals surface area contributed by atoms with Crippen LogP contribution in [0, 0.1) is 6.92 Å². The Labute approximate surface area is 222 Å². The maximum absolute atomic E-state index is 9.83. The molecule has 3 unspecified atom stereocenters. The van der Waals surface area contributed by atoms with Crippen molar-refractivity contribution in [3.63, 3.8) is 0 Å². The molecule has 0 bridgehead atoms. The molecule has 3 aromatic carbocycles. The molecule has 0 aliphatic heterocycles. The first kappa shape index (κ1) is 31.2. The maximum Gasteiger partial charge on any atom is 0.115 e. The van der Waals surface area contributed by atoms with E-state index < -0.39 is 8.07 Å². The third-order valence-electron chi connectivity index (χ3n) is 6.96. The van der Waals surface area contributed by atoms with E-state index >= 15 is 0 Å². The van der Waals surface area contributed by atoms with E-state index in [1.54, 1.807) is 0 Å². The fourth-order valence-corrected chi connectivity index (χ4v) is 5.88. The number of phenols is 1. The van der Waals surface area contributed by atoms with Gasteiger partial charge in [0.15, 0.2) is 0 Å². The highest BCUT2D eigenvalue weighted by atomic mass is 28.3. The highest BCUT2D eigenvalue weighted by Gasteiger charge is 2.23. The van der Waals surface area contributed by atoms with Gasteiger partial charge in [0.2, 0.25) is 0 Å². The number of aryl methyl sites for hydroxylation is 1. The van der Waals surface area contributed by atoms with Crippen molar-refractivity contribution in [3.8, 4) is 5.75 Å². The molecule has 0 radical (unpaired) electrons. The van der Waals surface area contributed by atoms with Crippen LogP contribution in [-0.2, 0) is 0 Å². The van der Waals surface area contributed by atoms with Crippen LogP contribution in [0.2, 0.25) is 19.6 Å². The van der Waals surface area contributed by atoms with Crippen LogP contribution in [0.4, 0.5) is 0 Å². The van der Waals surface area contributed by atoms with Gasteiger partial charge in [-0.1, -0.05) is 105 Å². The van der Waals surface area contributed by atoms with Crippen LogP contribution in [0.15, 0.2) is 99.1 Å². The van der Waals surface area contributed by atoms with Crippen molar-refractivity contribution in [2.45, 2.75) is 77.4 Å². The smallest absolute Gasteiger partial charge is 0.115 e. The van der Waals surface area contributed by atoms with E-state index in [1.165, 1.54) is 27.4 Å². The van der Waals surface area contributed by atoms with Gasteiger partial charge >= 0.3 is 0 Å². The normalized spacial score (nSPS) is 13.3. The largest absolute Gasteiger partial charge is 0.508 e. The van der Waals surface area contributed by atoms with Crippen LogP contribution in [-0.4, -0.2) is 13.2 Å². The molecule has 0 fully saturated rings. The van der Waals surface area contributed by atoms with Gasteiger partial charge in [-0.15, -0.1) is 26.3 Å². The van der Waals surface area contributed by atoms with Gasteiger partial charge in [-0.25, -0.2) is 0 Å². The summed E-state index contributed by atoms with van der Waals surface area (Å²) in [4.78, 5) is 0. The van der Waals surface area contributed by atoms with E-state index in [0.29, 0.717) is 23.5 Å². The number of hydrogen-bond donors (Lipinski definition) is 1. The highest BCUT2D eigenvalue weighted by Crippen LogP contribution is 2.38. The fourth-order valence-electron chi connectivity index (χ4n) is 4.71. The topological polar surface area (TPSA) is 20.2 Å². The van der Waals surface area contributed by atoms with Crippen LogP contribution in [0.1, 0.15) is 73.1 Å². The lowest BCUT2D eigenvalue weighted by atomic mass is 9.78. The summed E-state index contributed by atoms with van der Waals surface area (Å²) in [5.41, 5.74) is 5.51. The highest BCUT2D eigenvalue weighted by molar-refractivity contribution is 6.88. The zero-order chi connectivity index (χ0) is 27.3. The summed E-state index contributed by atoms with van der Waals surface area (Å²) in [5, 5.41) is 11.4. The molecule has 194 valence electrons. The number of benzene rings is 3. The van der Waals surface area contributed by atoms with Crippen LogP contribution >= 0.6 is 0 Å². The molecule has 0 heterocycles. The molecule has 3 aromatic rings. The predicted octanol–water partition coefficient (Wildman–Crippen LogP) is 9.71. The lowest BCUT2D eigenvalue weighted by molar-refractivity contribution is 0.462. The van der Waals surface area contributed by atoms with Crippen molar-refractivity contribution in [2.24, 2.45) is 0 Å². The quantitative estimate of drug-likeness (QED) is 0.229. The second kappa shape index (κ2) is 15.3. The van der Waals surface area contributed by atoms with Crippen molar-refractivity contribution in [1.29, 1.82) is 0 Å². The summed E-state index contributed by atoms with van der Waals surface area (Å²) < 4.78 is 0. The number of phenolic OH excluding ortho intramolecular Hbond substituents is 1. The average molecular weight is 501 g/mol. The Morgan fingerprint density at radius 1 is 0.667 bits per heavy atom. The van der Waals surface area contributed by atoms with Crippen LogP contribution < -0.4 is 5.19 Å². The van der Waals surface area contributed by atoms with Crippen molar-refractivity contribution in [1.82, 2.24) is 0 Å². The van der Waals surface area contributed by atoms with Crippen LogP contribution in [0.3, 0.4) is 0 Å². The molecule has 36 heavy (non-hydrogen) atoms. The SMILES string of the molecule is C=C.C=C.CCC(CC(CC(C)c1ccc(C)cc1)c1ccc(O)cc1)c1ccc([Si](C)(C)C)cc1. The van der Waals surface area contributed by atoms with Crippen molar-refractivity contribution < 1.29 is 5.11 Å². The summed E-state index contributed by atoms with van der Waals surface area (Å²) in [6.45, 7) is 26.0. The summed E-state index contributed by atoms with van der Waals surface area (Å²) >= 11 is 0. The molecule has 0 saturated heterocycles. The zero-order valence-electron chi connectivity index (χ0n) is 23.6. The molecule has 0 spiro atoms. The number of rotatable bonds is 9. The maximum atomic E-state index is 9.83. The molecular weight excluding hydrogens is 452 g/mol. The van der Waals surface area contributed by atoms with E-state index in [9.17, 15) is 5.11 Å². The van der Waals surface area contributed by atoms with Gasteiger partial charge in [0.25, 0.3) is 0 Å². The second-order valence-electron chi connectivity index (χ2n) is 10.5. The average Bonchev–Trinajstić information content (AvgIpc) is 2.89. The molecule has 1 nitrogen and oxygen atoms in total. The minimum atomic E-state index is -1.28. The molecule has 0 aliphatic rings. The number of hydrogen-bond acceptors (Lipinski definition) is 1. The number of aromatic hydroxyl groups is 1. The minimum absolute atomic E-state index is 0.341. The molecule has 0 amide bonds. The second-order valence-corrected chi connectivity index (χ2v) is 15.6. The van der Waals surface area contributed by atoms with Crippen LogP contribution in [0.5, 0.6) is 5.75 Å². The molecule has 2 heteroatoms. The van der Waals surface area contributed by atoms with Crippen molar-refractivity contribution in [3.05, 3.63) is 121 Å².